The largest absolute Gasteiger partial charge is 0.260 e. The number of aromatic nitrogens is 1. The summed E-state index contributed by atoms with van der Waals surface area (Å²) in [6.45, 7) is 0.319. The van der Waals surface area contributed by atoms with Crippen molar-refractivity contribution in [1.82, 2.24) is 9.29 Å². The number of hydrogen-bond acceptors (Lipinski definition) is 3. The van der Waals surface area contributed by atoms with Crippen LogP contribution in [0.4, 0.5) is 8.78 Å². The van der Waals surface area contributed by atoms with E-state index in [9.17, 15) is 17.2 Å². The summed E-state index contributed by atoms with van der Waals surface area (Å²) in [5.74, 6) is -1.11. The van der Waals surface area contributed by atoms with E-state index in [0.717, 1.165) is 18.5 Å². The van der Waals surface area contributed by atoms with Gasteiger partial charge in [0.05, 0.1) is 12.2 Å². The molecule has 0 aliphatic carbocycles. The molecule has 0 spiro atoms. The highest BCUT2D eigenvalue weighted by Gasteiger charge is 2.36. The van der Waals surface area contributed by atoms with E-state index in [-0.39, 0.29) is 4.90 Å². The van der Waals surface area contributed by atoms with E-state index in [1.807, 2.05) is 0 Å². The standard InChI is InChI=1S/C15H14F2N2O2S/c16-12-4-1-3-11(7-12)15-5-2-6-19(15)22(20,21)14-8-13(17)9-18-10-14/h1,3-4,7-10,15H,2,5-6H2. The monoisotopic (exact) mass is 324 g/mol. The SMILES string of the molecule is O=S(=O)(c1cncc(F)c1)N1CCCC1c1cccc(F)c1. The van der Waals surface area contributed by atoms with Crippen LogP contribution in [0, 0.1) is 11.6 Å². The van der Waals surface area contributed by atoms with E-state index in [1.54, 1.807) is 12.1 Å². The van der Waals surface area contributed by atoms with Crippen LogP contribution in [0.25, 0.3) is 0 Å². The van der Waals surface area contributed by atoms with Crippen molar-refractivity contribution in [1.29, 1.82) is 0 Å². The number of halogens is 2. The molecule has 7 heteroatoms. The van der Waals surface area contributed by atoms with E-state index >= 15 is 0 Å². The molecule has 1 aromatic carbocycles. The van der Waals surface area contributed by atoms with Gasteiger partial charge in [-0.3, -0.25) is 4.98 Å². The summed E-state index contributed by atoms with van der Waals surface area (Å²) in [7, 11) is -3.86. The summed E-state index contributed by atoms with van der Waals surface area (Å²) in [5.41, 5.74) is 0.602. The first-order chi connectivity index (χ1) is 10.5. The number of rotatable bonds is 3. The molecule has 3 rings (SSSR count). The number of pyridine rings is 1. The second kappa shape index (κ2) is 5.73. The lowest BCUT2D eigenvalue weighted by molar-refractivity contribution is 0.395. The van der Waals surface area contributed by atoms with E-state index in [2.05, 4.69) is 4.98 Å². The van der Waals surface area contributed by atoms with Crippen LogP contribution >= 0.6 is 0 Å². The maximum atomic E-state index is 13.4. The normalized spacial score (nSPS) is 19.5. The summed E-state index contributed by atoms with van der Waals surface area (Å²) in [6, 6.07) is 6.41. The highest BCUT2D eigenvalue weighted by molar-refractivity contribution is 7.89. The molecule has 2 heterocycles. The van der Waals surface area contributed by atoms with Crippen molar-refractivity contribution in [2.45, 2.75) is 23.8 Å². The number of nitrogens with zero attached hydrogens (tertiary/aromatic N) is 2. The van der Waals surface area contributed by atoms with Crippen molar-refractivity contribution < 1.29 is 17.2 Å². The van der Waals surface area contributed by atoms with Gasteiger partial charge in [-0.25, -0.2) is 17.2 Å². The fraction of sp³-hybridized carbons (Fsp3) is 0.267. The second-order valence-corrected chi connectivity index (χ2v) is 7.06. The molecule has 0 amide bonds. The van der Waals surface area contributed by atoms with Gasteiger partial charge in [-0.15, -0.1) is 0 Å². The van der Waals surface area contributed by atoms with Gasteiger partial charge in [-0.05, 0) is 36.6 Å². The molecule has 2 aromatic rings. The van der Waals surface area contributed by atoms with E-state index in [1.165, 1.54) is 16.4 Å². The van der Waals surface area contributed by atoms with Gasteiger partial charge in [0.1, 0.15) is 16.5 Å². The van der Waals surface area contributed by atoms with Gasteiger partial charge in [-0.2, -0.15) is 4.31 Å². The molecule has 1 atom stereocenters. The van der Waals surface area contributed by atoms with Gasteiger partial charge in [0.15, 0.2) is 0 Å². The zero-order chi connectivity index (χ0) is 15.7. The van der Waals surface area contributed by atoms with Crippen LogP contribution in [-0.4, -0.2) is 24.3 Å². The summed E-state index contributed by atoms with van der Waals surface area (Å²) in [5, 5.41) is 0. The molecule has 1 aliphatic heterocycles. The van der Waals surface area contributed by atoms with Gasteiger partial charge in [0.25, 0.3) is 0 Å². The van der Waals surface area contributed by atoms with Crippen LogP contribution in [0.2, 0.25) is 0 Å². The first-order valence-electron chi connectivity index (χ1n) is 6.86. The minimum Gasteiger partial charge on any atom is -0.260 e. The lowest BCUT2D eigenvalue weighted by atomic mass is 10.1. The van der Waals surface area contributed by atoms with Crippen LogP contribution in [0.5, 0.6) is 0 Å². The predicted molar refractivity (Wildman–Crippen MR) is 76.5 cm³/mol. The molecule has 116 valence electrons. The molecule has 1 aliphatic rings. The molecule has 1 unspecified atom stereocenters. The van der Waals surface area contributed by atoms with Crippen molar-refractivity contribution >= 4 is 10.0 Å². The van der Waals surface area contributed by atoms with E-state index < -0.39 is 27.7 Å². The zero-order valence-electron chi connectivity index (χ0n) is 11.6. The quantitative estimate of drug-likeness (QED) is 0.872. The van der Waals surface area contributed by atoms with Crippen molar-refractivity contribution in [3.8, 4) is 0 Å². The fourth-order valence-electron chi connectivity index (χ4n) is 2.74. The van der Waals surface area contributed by atoms with Crippen molar-refractivity contribution in [3.05, 3.63) is 59.9 Å². The molecule has 0 saturated carbocycles. The van der Waals surface area contributed by atoms with Gasteiger partial charge in [0, 0.05) is 12.7 Å². The Bertz CT molecular complexity index is 796. The maximum Gasteiger partial charge on any atom is 0.245 e. The summed E-state index contributed by atoms with van der Waals surface area (Å²) in [6.07, 6.45) is 3.35. The van der Waals surface area contributed by atoms with Gasteiger partial charge >= 0.3 is 0 Å². The lowest BCUT2D eigenvalue weighted by Crippen LogP contribution is -2.30. The average molecular weight is 324 g/mol. The van der Waals surface area contributed by atoms with Crippen LogP contribution < -0.4 is 0 Å². The number of sulfonamides is 1. The summed E-state index contributed by atoms with van der Waals surface area (Å²) >= 11 is 0. The molecule has 0 N–H and O–H groups in total. The van der Waals surface area contributed by atoms with Crippen molar-refractivity contribution in [3.63, 3.8) is 0 Å². The molecule has 1 fully saturated rings. The third-order valence-electron chi connectivity index (χ3n) is 3.72. The Hall–Kier alpha value is -1.86. The first kappa shape index (κ1) is 15.1. The number of hydrogen-bond donors (Lipinski definition) is 0. The lowest BCUT2D eigenvalue weighted by Gasteiger charge is -2.24. The van der Waals surface area contributed by atoms with Gasteiger partial charge < -0.3 is 0 Å². The molecular weight excluding hydrogens is 310 g/mol. The van der Waals surface area contributed by atoms with Crippen LogP contribution in [0.3, 0.4) is 0 Å². The minimum absolute atomic E-state index is 0.184. The molecule has 4 nitrogen and oxygen atoms in total. The molecule has 1 aromatic heterocycles. The first-order valence-corrected chi connectivity index (χ1v) is 8.30. The maximum absolute atomic E-state index is 13.4. The minimum atomic E-state index is -3.86. The average Bonchev–Trinajstić information content (AvgIpc) is 2.97. The third-order valence-corrected chi connectivity index (χ3v) is 5.60. The topological polar surface area (TPSA) is 50.3 Å². The highest BCUT2D eigenvalue weighted by atomic mass is 32.2. The van der Waals surface area contributed by atoms with Crippen molar-refractivity contribution in [2.24, 2.45) is 0 Å². The van der Waals surface area contributed by atoms with Crippen molar-refractivity contribution in [2.75, 3.05) is 6.54 Å². The van der Waals surface area contributed by atoms with Crippen LogP contribution in [0.15, 0.2) is 47.6 Å². The Kier molecular flexibility index (Phi) is 3.92. The smallest absolute Gasteiger partial charge is 0.245 e. The second-order valence-electron chi connectivity index (χ2n) is 5.17. The Morgan fingerprint density at radius 2 is 1.95 bits per heavy atom. The zero-order valence-corrected chi connectivity index (χ0v) is 12.4. The molecule has 22 heavy (non-hydrogen) atoms. The van der Waals surface area contributed by atoms with Gasteiger partial charge in [-0.1, -0.05) is 12.1 Å². The Labute approximate surface area is 127 Å². The number of benzene rings is 1. The molecule has 1 saturated heterocycles. The fourth-order valence-corrected chi connectivity index (χ4v) is 4.40. The van der Waals surface area contributed by atoms with E-state index in [0.29, 0.717) is 24.9 Å². The summed E-state index contributed by atoms with van der Waals surface area (Å²) in [4.78, 5) is 3.41. The Morgan fingerprint density at radius 1 is 1.14 bits per heavy atom. The molecular formula is C15H14F2N2O2S. The summed E-state index contributed by atoms with van der Waals surface area (Å²) < 4.78 is 53.3. The molecule has 0 radical (unpaired) electrons. The van der Waals surface area contributed by atoms with E-state index in [4.69, 9.17) is 0 Å². The van der Waals surface area contributed by atoms with Crippen LogP contribution in [0.1, 0.15) is 24.4 Å². The van der Waals surface area contributed by atoms with Crippen LogP contribution in [-0.2, 0) is 10.0 Å². The van der Waals surface area contributed by atoms with Gasteiger partial charge in [0.2, 0.25) is 10.0 Å². The predicted octanol–water partition coefficient (Wildman–Crippen LogP) is 2.89. The Morgan fingerprint density at radius 3 is 2.68 bits per heavy atom. The third kappa shape index (κ3) is 2.74. The Balaban J connectivity index is 1.99. The highest BCUT2D eigenvalue weighted by Crippen LogP contribution is 2.36. The molecule has 0 bridgehead atoms.